The minimum Gasteiger partial charge on any atom is -0.340 e. The molecule has 4 rings (SSSR count). The molecule has 0 amide bonds. The number of fused-ring (bicyclic) bond motifs is 1. The van der Waals surface area contributed by atoms with Gasteiger partial charge in [-0.15, -0.1) is 0 Å². The number of aromatic nitrogens is 1. The summed E-state index contributed by atoms with van der Waals surface area (Å²) >= 11 is 0. The summed E-state index contributed by atoms with van der Waals surface area (Å²) in [5.74, 6) is 0.683. The van der Waals surface area contributed by atoms with Crippen molar-refractivity contribution in [3.8, 4) is 0 Å². The van der Waals surface area contributed by atoms with E-state index >= 15 is 0 Å². The first-order valence-corrected chi connectivity index (χ1v) is 9.03. The molecule has 1 aliphatic heterocycles. The fraction of sp³-hybridized carbons (Fsp3) is 0.130. The number of alkyl halides is 2. The maximum atomic E-state index is 12.5. The molecule has 0 unspecified atom stereocenters. The smallest absolute Gasteiger partial charge is 0.242 e. The number of anilines is 1. The van der Waals surface area contributed by atoms with E-state index in [1.54, 1.807) is 24.3 Å². The summed E-state index contributed by atoms with van der Waals surface area (Å²) in [6.07, 6.45) is 3.87. The van der Waals surface area contributed by atoms with Crippen molar-refractivity contribution in [3.05, 3.63) is 84.2 Å². The third-order valence-electron chi connectivity index (χ3n) is 4.71. The number of hydrogen-bond acceptors (Lipinski definition) is 3. The predicted octanol–water partition coefficient (Wildman–Crippen LogP) is 5.94. The van der Waals surface area contributed by atoms with Gasteiger partial charge < -0.3 is 5.32 Å². The van der Waals surface area contributed by atoms with E-state index in [1.165, 1.54) is 5.57 Å². The van der Waals surface area contributed by atoms with Gasteiger partial charge in [-0.3, -0.25) is 4.99 Å². The molecule has 140 valence electrons. The molecule has 1 aromatic heterocycles. The molecule has 0 atom stereocenters. The second kappa shape index (κ2) is 7.72. The first-order chi connectivity index (χ1) is 13.6. The van der Waals surface area contributed by atoms with Gasteiger partial charge in [0, 0.05) is 42.5 Å². The molecule has 0 saturated carbocycles. The third kappa shape index (κ3) is 3.98. The molecule has 5 heteroatoms. The minimum atomic E-state index is -2.34. The van der Waals surface area contributed by atoms with Gasteiger partial charge in [0.1, 0.15) is 5.82 Å². The van der Waals surface area contributed by atoms with Crippen molar-refractivity contribution in [1.82, 2.24) is 4.98 Å². The number of halogens is 2. The van der Waals surface area contributed by atoms with Gasteiger partial charge in [-0.1, -0.05) is 43.0 Å². The molecule has 1 aliphatic rings. The van der Waals surface area contributed by atoms with Gasteiger partial charge in [0.25, 0.3) is 0 Å². The number of allylic oxidation sites excluding steroid dienone is 1. The highest BCUT2D eigenvalue weighted by Gasteiger charge is 2.08. The van der Waals surface area contributed by atoms with Crippen LogP contribution in [0.3, 0.4) is 0 Å². The maximum Gasteiger partial charge on any atom is 0.242 e. The van der Waals surface area contributed by atoms with E-state index in [9.17, 15) is 8.78 Å². The van der Waals surface area contributed by atoms with Crippen LogP contribution >= 0.6 is 0 Å². The summed E-state index contributed by atoms with van der Waals surface area (Å²) in [4.78, 5) is 8.61. The molecular formula is C23H19F2N3. The Balaban J connectivity index is 1.52. The van der Waals surface area contributed by atoms with Gasteiger partial charge in [-0.05, 0) is 39.8 Å². The first-order valence-electron chi connectivity index (χ1n) is 9.03. The first kappa shape index (κ1) is 18.0. The average Bonchev–Trinajstić information content (AvgIpc) is 3.22. The standard InChI is InChI=1S/C23H19F2N3/c1-15(17-4-2-16(3-5-17)10-22(24)25)28-23-12-21-11-18(20-8-9-26-13-20)6-7-19(21)14-27-23/h2-7,9,11-14,22H,1,8,10H2,(H,27,28). The van der Waals surface area contributed by atoms with Crippen LogP contribution in [0.15, 0.2) is 72.5 Å². The molecule has 1 N–H and O–H groups in total. The Morgan fingerprint density at radius 1 is 1.07 bits per heavy atom. The lowest BCUT2D eigenvalue weighted by molar-refractivity contribution is 0.149. The van der Waals surface area contributed by atoms with Crippen molar-refractivity contribution < 1.29 is 8.78 Å². The molecule has 0 radical (unpaired) electrons. The minimum absolute atomic E-state index is 0.240. The van der Waals surface area contributed by atoms with Crippen molar-refractivity contribution in [2.24, 2.45) is 4.99 Å². The highest BCUT2D eigenvalue weighted by Crippen LogP contribution is 2.26. The van der Waals surface area contributed by atoms with Crippen LogP contribution in [-0.2, 0) is 6.42 Å². The highest BCUT2D eigenvalue weighted by atomic mass is 19.3. The lowest BCUT2D eigenvalue weighted by Gasteiger charge is -2.11. The Kier molecular flexibility index (Phi) is 4.98. The number of aliphatic imine (C=N–C) groups is 1. The Hall–Kier alpha value is -3.34. The molecule has 2 aromatic carbocycles. The fourth-order valence-corrected chi connectivity index (χ4v) is 3.19. The van der Waals surface area contributed by atoms with E-state index in [2.05, 4.69) is 40.1 Å². The van der Waals surface area contributed by atoms with Gasteiger partial charge >= 0.3 is 0 Å². The van der Waals surface area contributed by atoms with Crippen LogP contribution in [0.4, 0.5) is 14.6 Å². The Morgan fingerprint density at radius 3 is 2.61 bits per heavy atom. The second-order valence-electron chi connectivity index (χ2n) is 6.72. The number of pyridine rings is 1. The van der Waals surface area contributed by atoms with Crippen LogP contribution in [0.2, 0.25) is 0 Å². The molecule has 2 heterocycles. The summed E-state index contributed by atoms with van der Waals surface area (Å²) in [6.45, 7) is 4.05. The maximum absolute atomic E-state index is 12.5. The summed E-state index contributed by atoms with van der Waals surface area (Å²) in [5.41, 5.74) is 4.45. The van der Waals surface area contributed by atoms with Crippen molar-refractivity contribution >= 4 is 34.1 Å². The molecule has 28 heavy (non-hydrogen) atoms. The quantitative estimate of drug-likeness (QED) is 0.579. The van der Waals surface area contributed by atoms with Gasteiger partial charge in [0.15, 0.2) is 0 Å². The van der Waals surface area contributed by atoms with Crippen LogP contribution in [0.1, 0.15) is 23.1 Å². The molecule has 0 aliphatic carbocycles. The molecule has 3 aromatic rings. The fourth-order valence-electron chi connectivity index (χ4n) is 3.19. The molecule has 0 saturated heterocycles. The Labute approximate surface area is 162 Å². The average molecular weight is 375 g/mol. The van der Waals surface area contributed by atoms with E-state index in [1.807, 2.05) is 24.7 Å². The van der Waals surface area contributed by atoms with Crippen LogP contribution in [0.5, 0.6) is 0 Å². The van der Waals surface area contributed by atoms with Gasteiger partial charge in [0.05, 0.1) is 0 Å². The largest absolute Gasteiger partial charge is 0.340 e. The summed E-state index contributed by atoms with van der Waals surface area (Å²) in [5, 5.41) is 5.33. The van der Waals surface area contributed by atoms with Crippen molar-refractivity contribution in [2.75, 3.05) is 5.32 Å². The number of rotatable bonds is 6. The lowest BCUT2D eigenvalue weighted by atomic mass is 10.0. The zero-order chi connectivity index (χ0) is 19.5. The van der Waals surface area contributed by atoms with Gasteiger partial charge in [-0.2, -0.15) is 0 Å². The normalized spacial score (nSPS) is 13.2. The zero-order valence-corrected chi connectivity index (χ0v) is 15.2. The number of benzene rings is 2. The molecular weight excluding hydrogens is 356 g/mol. The van der Waals surface area contributed by atoms with E-state index in [0.29, 0.717) is 17.1 Å². The van der Waals surface area contributed by atoms with Gasteiger partial charge in [-0.25, -0.2) is 13.8 Å². The third-order valence-corrected chi connectivity index (χ3v) is 4.71. The molecule has 0 spiro atoms. The number of hydrogen-bond donors (Lipinski definition) is 1. The Morgan fingerprint density at radius 2 is 1.89 bits per heavy atom. The zero-order valence-electron chi connectivity index (χ0n) is 15.2. The molecule has 3 nitrogen and oxygen atoms in total. The number of nitrogens with one attached hydrogen (secondary N) is 1. The SMILES string of the molecule is C=C(Nc1cc2cc(C3=CN=CC3)ccc2cn1)c1ccc(CC(F)F)cc1. The summed E-state index contributed by atoms with van der Waals surface area (Å²) in [6, 6.07) is 15.2. The molecule has 0 bridgehead atoms. The van der Waals surface area contributed by atoms with Crippen molar-refractivity contribution in [1.29, 1.82) is 0 Å². The van der Waals surface area contributed by atoms with E-state index in [-0.39, 0.29) is 6.42 Å². The van der Waals surface area contributed by atoms with Gasteiger partial charge in [0.2, 0.25) is 6.43 Å². The molecule has 0 fully saturated rings. The van der Waals surface area contributed by atoms with E-state index in [4.69, 9.17) is 0 Å². The second-order valence-corrected chi connectivity index (χ2v) is 6.72. The highest BCUT2D eigenvalue weighted by molar-refractivity contribution is 5.91. The Bertz CT molecular complexity index is 1080. The van der Waals surface area contributed by atoms with Crippen LogP contribution in [-0.4, -0.2) is 17.6 Å². The van der Waals surface area contributed by atoms with Crippen molar-refractivity contribution in [2.45, 2.75) is 19.3 Å². The number of nitrogens with zero attached hydrogens (tertiary/aromatic N) is 2. The van der Waals surface area contributed by atoms with E-state index in [0.717, 1.165) is 28.3 Å². The van der Waals surface area contributed by atoms with E-state index < -0.39 is 6.43 Å². The summed E-state index contributed by atoms with van der Waals surface area (Å²) in [7, 11) is 0. The monoisotopic (exact) mass is 375 g/mol. The van der Waals surface area contributed by atoms with Crippen molar-refractivity contribution in [3.63, 3.8) is 0 Å². The lowest BCUT2D eigenvalue weighted by Crippen LogP contribution is -2.01. The predicted molar refractivity (Wildman–Crippen MR) is 112 cm³/mol. The van der Waals surface area contributed by atoms with Crippen LogP contribution in [0.25, 0.3) is 22.0 Å². The summed E-state index contributed by atoms with van der Waals surface area (Å²) < 4.78 is 24.9. The van der Waals surface area contributed by atoms with Crippen LogP contribution < -0.4 is 5.32 Å². The topological polar surface area (TPSA) is 37.3 Å². The van der Waals surface area contributed by atoms with Crippen LogP contribution in [0, 0.1) is 0 Å².